The van der Waals surface area contributed by atoms with Crippen LogP contribution in [0.3, 0.4) is 0 Å². The molecule has 6 heteroatoms. The minimum absolute atomic E-state index is 0.111. The number of hydrogen-bond acceptors (Lipinski definition) is 4. The summed E-state index contributed by atoms with van der Waals surface area (Å²) in [6.45, 7) is 2.02. The molecule has 1 rings (SSSR count). The van der Waals surface area contributed by atoms with E-state index in [-0.39, 0.29) is 16.7 Å². The Balaban J connectivity index is 2.98. The molecular weight excluding hydrogens is 264 g/mol. The quantitative estimate of drug-likeness (QED) is 0.833. The monoisotopic (exact) mass is 280 g/mol. The number of rotatable bonds is 4. The first-order valence-electron chi connectivity index (χ1n) is 5.71. The number of carbonyl (C=O) groups is 1. The van der Waals surface area contributed by atoms with Gasteiger partial charge in [-0.2, -0.15) is 5.26 Å². The van der Waals surface area contributed by atoms with E-state index in [9.17, 15) is 13.2 Å². The van der Waals surface area contributed by atoms with Crippen LogP contribution in [0.2, 0.25) is 0 Å². The Morgan fingerprint density at radius 1 is 1.47 bits per heavy atom. The van der Waals surface area contributed by atoms with Gasteiger partial charge in [0.05, 0.1) is 16.9 Å². The van der Waals surface area contributed by atoms with E-state index in [1.54, 1.807) is 20.0 Å². The van der Waals surface area contributed by atoms with E-state index in [1.165, 1.54) is 23.1 Å². The van der Waals surface area contributed by atoms with Crippen molar-refractivity contribution in [1.82, 2.24) is 4.90 Å². The summed E-state index contributed by atoms with van der Waals surface area (Å²) in [5, 5.41) is 8.72. The number of nitrogens with zero attached hydrogens (tertiary/aromatic N) is 2. The van der Waals surface area contributed by atoms with Gasteiger partial charge in [0.1, 0.15) is 0 Å². The van der Waals surface area contributed by atoms with Crippen LogP contribution in [-0.2, 0) is 9.84 Å². The molecule has 0 radical (unpaired) electrons. The predicted molar refractivity (Wildman–Crippen MR) is 71.3 cm³/mol. The highest BCUT2D eigenvalue weighted by Gasteiger charge is 2.16. The predicted octanol–water partition coefficient (Wildman–Crippen LogP) is 1.32. The van der Waals surface area contributed by atoms with Gasteiger partial charge in [-0.25, -0.2) is 8.42 Å². The van der Waals surface area contributed by atoms with Crippen molar-refractivity contribution in [3.05, 3.63) is 29.8 Å². The number of nitriles is 1. The molecule has 1 amide bonds. The van der Waals surface area contributed by atoms with Crippen LogP contribution in [0.15, 0.2) is 29.2 Å². The highest BCUT2D eigenvalue weighted by Crippen LogP contribution is 2.13. The van der Waals surface area contributed by atoms with Crippen molar-refractivity contribution in [2.24, 2.45) is 5.92 Å². The zero-order chi connectivity index (χ0) is 14.6. The van der Waals surface area contributed by atoms with Gasteiger partial charge in [0.2, 0.25) is 0 Å². The minimum Gasteiger partial charge on any atom is -0.340 e. The van der Waals surface area contributed by atoms with Crippen molar-refractivity contribution < 1.29 is 13.2 Å². The second-order valence-corrected chi connectivity index (χ2v) is 6.53. The van der Waals surface area contributed by atoms with Crippen LogP contribution in [0, 0.1) is 17.2 Å². The molecular formula is C13H16N2O3S. The Bertz CT molecular complexity index is 617. The first kappa shape index (κ1) is 15.2. The summed E-state index contributed by atoms with van der Waals surface area (Å²) in [6.07, 6.45) is 1.10. The standard InChI is InChI=1S/C13H16N2O3S/c1-10(8-14)9-15(2)13(16)11-5-4-6-12(7-11)19(3,17)18/h4-7,10H,9H2,1-3H3. The summed E-state index contributed by atoms with van der Waals surface area (Å²) in [5.74, 6) is -0.570. The van der Waals surface area contributed by atoms with Crippen LogP contribution in [0.4, 0.5) is 0 Å². The lowest BCUT2D eigenvalue weighted by Crippen LogP contribution is -2.30. The molecule has 0 spiro atoms. The number of amides is 1. The van der Waals surface area contributed by atoms with Crippen LogP contribution >= 0.6 is 0 Å². The second-order valence-electron chi connectivity index (χ2n) is 4.52. The zero-order valence-corrected chi connectivity index (χ0v) is 11.9. The highest BCUT2D eigenvalue weighted by molar-refractivity contribution is 7.90. The molecule has 1 atom stereocenters. The largest absolute Gasteiger partial charge is 0.340 e. The topological polar surface area (TPSA) is 78.2 Å². The smallest absolute Gasteiger partial charge is 0.253 e. The van der Waals surface area contributed by atoms with E-state index in [0.29, 0.717) is 12.1 Å². The molecule has 1 aromatic rings. The number of hydrogen-bond donors (Lipinski definition) is 0. The van der Waals surface area contributed by atoms with Gasteiger partial charge < -0.3 is 4.90 Å². The van der Waals surface area contributed by atoms with Crippen LogP contribution in [0.5, 0.6) is 0 Å². The van der Waals surface area contributed by atoms with Gasteiger partial charge in [-0.3, -0.25) is 4.79 Å². The molecule has 0 saturated carbocycles. The van der Waals surface area contributed by atoms with Crippen molar-refractivity contribution in [2.75, 3.05) is 19.8 Å². The van der Waals surface area contributed by atoms with E-state index in [4.69, 9.17) is 5.26 Å². The maximum Gasteiger partial charge on any atom is 0.253 e. The van der Waals surface area contributed by atoms with Gasteiger partial charge in [-0.05, 0) is 25.1 Å². The van der Waals surface area contributed by atoms with Crippen molar-refractivity contribution in [3.8, 4) is 6.07 Å². The van der Waals surface area contributed by atoms with Crippen LogP contribution in [0.1, 0.15) is 17.3 Å². The van der Waals surface area contributed by atoms with Crippen LogP contribution in [-0.4, -0.2) is 39.1 Å². The molecule has 0 bridgehead atoms. The molecule has 0 fully saturated rings. The molecule has 102 valence electrons. The van der Waals surface area contributed by atoms with E-state index in [2.05, 4.69) is 0 Å². The molecule has 1 aromatic carbocycles. The molecule has 0 aromatic heterocycles. The fourth-order valence-corrected chi connectivity index (χ4v) is 2.28. The van der Waals surface area contributed by atoms with E-state index < -0.39 is 9.84 Å². The van der Waals surface area contributed by atoms with Gasteiger partial charge in [-0.15, -0.1) is 0 Å². The third-order valence-corrected chi connectivity index (χ3v) is 3.73. The highest BCUT2D eigenvalue weighted by atomic mass is 32.2. The molecule has 5 nitrogen and oxygen atoms in total. The van der Waals surface area contributed by atoms with E-state index in [0.717, 1.165) is 6.26 Å². The molecule has 0 N–H and O–H groups in total. The number of carbonyl (C=O) groups excluding carboxylic acids is 1. The van der Waals surface area contributed by atoms with E-state index >= 15 is 0 Å². The van der Waals surface area contributed by atoms with Crippen molar-refractivity contribution in [2.45, 2.75) is 11.8 Å². The maximum atomic E-state index is 12.1. The molecule has 0 aliphatic rings. The first-order chi connectivity index (χ1) is 8.75. The van der Waals surface area contributed by atoms with Gasteiger partial charge in [0, 0.05) is 25.4 Å². The van der Waals surface area contributed by atoms with Gasteiger partial charge in [0.25, 0.3) is 5.91 Å². The van der Waals surface area contributed by atoms with E-state index in [1.807, 2.05) is 6.07 Å². The Labute approximate surface area is 113 Å². The fraction of sp³-hybridized carbons (Fsp3) is 0.385. The van der Waals surface area contributed by atoms with Gasteiger partial charge in [0.15, 0.2) is 9.84 Å². The second kappa shape index (κ2) is 5.85. The van der Waals surface area contributed by atoms with Crippen molar-refractivity contribution in [3.63, 3.8) is 0 Å². The van der Waals surface area contributed by atoms with Crippen LogP contribution < -0.4 is 0 Å². The first-order valence-corrected chi connectivity index (χ1v) is 7.60. The molecule has 0 heterocycles. The summed E-state index contributed by atoms with van der Waals surface area (Å²) in [7, 11) is -1.75. The Morgan fingerprint density at radius 2 is 2.11 bits per heavy atom. The maximum absolute atomic E-state index is 12.1. The summed E-state index contributed by atoms with van der Waals surface area (Å²) in [6, 6.07) is 7.94. The third kappa shape index (κ3) is 4.07. The Kier molecular flexibility index (Phi) is 4.67. The number of benzene rings is 1. The molecule has 0 aliphatic heterocycles. The van der Waals surface area contributed by atoms with Crippen molar-refractivity contribution >= 4 is 15.7 Å². The SMILES string of the molecule is CC(C#N)CN(C)C(=O)c1cccc(S(C)(=O)=O)c1. The minimum atomic E-state index is -3.34. The van der Waals surface area contributed by atoms with Gasteiger partial charge >= 0.3 is 0 Å². The molecule has 0 saturated heterocycles. The fourth-order valence-electron chi connectivity index (χ4n) is 1.61. The Hall–Kier alpha value is -1.87. The summed E-state index contributed by atoms with van der Waals surface area (Å²) < 4.78 is 22.9. The van der Waals surface area contributed by atoms with Crippen LogP contribution in [0.25, 0.3) is 0 Å². The average Bonchev–Trinajstić information content (AvgIpc) is 2.36. The lowest BCUT2D eigenvalue weighted by molar-refractivity contribution is 0.0785. The average molecular weight is 280 g/mol. The Morgan fingerprint density at radius 3 is 2.63 bits per heavy atom. The molecule has 19 heavy (non-hydrogen) atoms. The molecule has 1 unspecified atom stereocenters. The van der Waals surface area contributed by atoms with Gasteiger partial charge in [-0.1, -0.05) is 6.07 Å². The summed E-state index contributed by atoms with van der Waals surface area (Å²) in [4.78, 5) is 13.6. The summed E-state index contributed by atoms with van der Waals surface area (Å²) in [5.41, 5.74) is 0.301. The lowest BCUT2D eigenvalue weighted by atomic mass is 10.1. The number of sulfone groups is 1. The summed E-state index contributed by atoms with van der Waals surface area (Å²) >= 11 is 0. The van der Waals surface area contributed by atoms with Crippen molar-refractivity contribution in [1.29, 1.82) is 5.26 Å². The third-order valence-electron chi connectivity index (χ3n) is 2.62. The normalized spacial score (nSPS) is 12.5. The lowest BCUT2D eigenvalue weighted by Gasteiger charge is -2.18. The zero-order valence-electron chi connectivity index (χ0n) is 11.1. The molecule has 0 aliphatic carbocycles.